The minimum absolute atomic E-state index is 0.522. The number of ketones is 1. The third-order valence-corrected chi connectivity index (χ3v) is 2.22. The Morgan fingerprint density at radius 3 is 2.26 bits per heavy atom. The van der Waals surface area contributed by atoms with Crippen LogP contribution in [-0.2, 0) is 0 Å². The van der Waals surface area contributed by atoms with Crippen LogP contribution in [0.2, 0.25) is 0 Å². The molecule has 1 aromatic rings. The van der Waals surface area contributed by atoms with Crippen molar-refractivity contribution in [2.75, 3.05) is 0 Å². The summed E-state index contributed by atoms with van der Waals surface area (Å²) in [4.78, 5) is 7.24. The Balaban J connectivity index is 2.99. The molecular weight excluding hydrogens is 346 g/mol. The van der Waals surface area contributed by atoms with Gasteiger partial charge in [-0.05, 0) is 28.1 Å². The minimum atomic E-state index is -4.78. The van der Waals surface area contributed by atoms with Crippen molar-refractivity contribution in [3.63, 3.8) is 0 Å². The summed E-state index contributed by atoms with van der Waals surface area (Å²) in [5.41, 5.74) is -0.663. The average Bonchev–Trinajstić information content (AvgIpc) is 2.26. The Labute approximate surface area is 111 Å². The van der Waals surface area contributed by atoms with Crippen LogP contribution in [-0.4, -0.2) is 23.1 Å². The van der Waals surface area contributed by atoms with E-state index in [1.807, 2.05) is 0 Å². The number of Topliss-reactive ketones (excluding diaryl/α,β-unsaturated/α-hetero) is 1. The van der Waals surface area contributed by atoms with Crippen LogP contribution < -0.4 is 4.74 Å². The number of halogens is 7. The minimum Gasteiger partial charge on any atom is -0.428 e. The molecular formula is C10H5BrF6O2. The van der Waals surface area contributed by atoms with Crippen LogP contribution >= 0.6 is 15.9 Å². The summed E-state index contributed by atoms with van der Waals surface area (Å²) in [6, 6.07) is 3.21. The molecule has 106 valence electrons. The Kier molecular flexibility index (Phi) is 4.49. The molecule has 0 bridgehead atoms. The fourth-order valence-corrected chi connectivity index (χ4v) is 1.30. The van der Waals surface area contributed by atoms with Crippen LogP contribution in [0.4, 0.5) is 26.3 Å². The van der Waals surface area contributed by atoms with Crippen molar-refractivity contribution in [1.29, 1.82) is 0 Å². The van der Waals surface area contributed by atoms with Crippen LogP contribution in [0.25, 0.3) is 0 Å². The van der Waals surface area contributed by atoms with E-state index in [-0.39, 0.29) is 0 Å². The first-order valence-electron chi connectivity index (χ1n) is 4.60. The van der Waals surface area contributed by atoms with Gasteiger partial charge >= 0.3 is 17.4 Å². The van der Waals surface area contributed by atoms with Crippen molar-refractivity contribution in [1.82, 2.24) is 0 Å². The van der Waals surface area contributed by atoms with Gasteiger partial charge in [-0.25, -0.2) is 0 Å². The van der Waals surface area contributed by atoms with E-state index in [4.69, 9.17) is 0 Å². The smallest absolute Gasteiger partial charge is 0.428 e. The van der Waals surface area contributed by atoms with E-state index in [0.29, 0.717) is 6.07 Å². The SMILES string of the molecule is O=C(c1cccc(OC(F)(F)C(F)F)c1)C(F)(F)Br. The van der Waals surface area contributed by atoms with E-state index < -0.39 is 34.5 Å². The van der Waals surface area contributed by atoms with Crippen LogP contribution in [0, 0.1) is 0 Å². The summed E-state index contributed by atoms with van der Waals surface area (Å²) in [5.74, 6) is -2.54. The number of alkyl halides is 7. The molecule has 0 fully saturated rings. The molecule has 19 heavy (non-hydrogen) atoms. The van der Waals surface area contributed by atoms with E-state index in [1.54, 1.807) is 15.9 Å². The van der Waals surface area contributed by atoms with Crippen molar-refractivity contribution in [3.05, 3.63) is 29.8 Å². The number of rotatable bonds is 5. The average molecular weight is 351 g/mol. The quantitative estimate of drug-likeness (QED) is 0.454. The summed E-state index contributed by atoms with van der Waals surface area (Å²) < 4.78 is 77.9. The lowest BCUT2D eigenvalue weighted by Crippen LogP contribution is -2.33. The van der Waals surface area contributed by atoms with Crippen LogP contribution in [0.1, 0.15) is 10.4 Å². The Morgan fingerprint density at radius 2 is 1.79 bits per heavy atom. The fourth-order valence-electron chi connectivity index (χ4n) is 1.07. The van der Waals surface area contributed by atoms with Gasteiger partial charge in [-0.1, -0.05) is 12.1 Å². The van der Waals surface area contributed by atoms with E-state index >= 15 is 0 Å². The van der Waals surface area contributed by atoms with Crippen LogP contribution in [0.15, 0.2) is 24.3 Å². The van der Waals surface area contributed by atoms with Crippen molar-refractivity contribution >= 4 is 21.7 Å². The fraction of sp³-hybridized carbons (Fsp3) is 0.300. The highest BCUT2D eigenvalue weighted by Gasteiger charge is 2.44. The number of carbonyl (C=O) groups is 1. The zero-order valence-corrected chi connectivity index (χ0v) is 10.4. The lowest BCUT2D eigenvalue weighted by Gasteiger charge is -2.17. The van der Waals surface area contributed by atoms with Gasteiger partial charge in [-0.2, -0.15) is 26.3 Å². The zero-order valence-electron chi connectivity index (χ0n) is 8.85. The van der Waals surface area contributed by atoms with Crippen LogP contribution in [0.5, 0.6) is 5.75 Å². The van der Waals surface area contributed by atoms with Crippen molar-refractivity contribution in [3.8, 4) is 5.75 Å². The number of hydrogen-bond acceptors (Lipinski definition) is 2. The molecule has 0 saturated carbocycles. The molecule has 0 aliphatic carbocycles. The first kappa shape index (κ1) is 15.8. The lowest BCUT2D eigenvalue weighted by molar-refractivity contribution is -0.253. The summed E-state index contributed by atoms with van der Waals surface area (Å²) in [6.45, 7) is 0. The molecule has 0 heterocycles. The predicted octanol–water partition coefficient (Wildman–Crippen LogP) is 4.09. The van der Waals surface area contributed by atoms with Gasteiger partial charge < -0.3 is 4.74 Å². The molecule has 1 rings (SSSR count). The topological polar surface area (TPSA) is 26.3 Å². The first-order valence-corrected chi connectivity index (χ1v) is 5.40. The largest absolute Gasteiger partial charge is 0.461 e. The molecule has 0 spiro atoms. The summed E-state index contributed by atoms with van der Waals surface area (Å²) in [7, 11) is 0. The maximum atomic E-state index is 12.7. The zero-order chi connectivity index (χ0) is 14.8. The molecule has 0 amide bonds. The highest BCUT2D eigenvalue weighted by molar-refractivity contribution is 9.10. The van der Waals surface area contributed by atoms with E-state index in [9.17, 15) is 31.1 Å². The highest BCUT2D eigenvalue weighted by Crippen LogP contribution is 2.31. The molecule has 0 radical (unpaired) electrons. The van der Waals surface area contributed by atoms with Gasteiger partial charge in [-0.3, -0.25) is 4.79 Å². The molecule has 0 N–H and O–H groups in total. The van der Waals surface area contributed by atoms with Crippen molar-refractivity contribution in [2.45, 2.75) is 17.4 Å². The van der Waals surface area contributed by atoms with Gasteiger partial charge in [0.05, 0.1) is 0 Å². The second-order valence-corrected chi connectivity index (χ2v) is 4.32. The first-order chi connectivity index (χ1) is 8.54. The number of hydrogen-bond donors (Lipinski definition) is 0. The highest BCUT2D eigenvalue weighted by atomic mass is 79.9. The maximum Gasteiger partial charge on any atom is 0.461 e. The van der Waals surface area contributed by atoms with E-state index in [0.717, 1.165) is 18.2 Å². The molecule has 0 atom stereocenters. The third kappa shape index (κ3) is 4.12. The van der Waals surface area contributed by atoms with E-state index in [2.05, 4.69) is 4.74 Å². The third-order valence-electron chi connectivity index (χ3n) is 1.86. The van der Waals surface area contributed by atoms with Gasteiger partial charge in [0.15, 0.2) is 0 Å². The number of carbonyl (C=O) groups excluding carboxylic acids is 1. The monoisotopic (exact) mass is 350 g/mol. The Bertz CT molecular complexity index is 471. The molecule has 0 aromatic heterocycles. The second-order valence-electron chi connectivity index (χ2n) is 3.32. The Morgan fingerprint density at radius 1 is 1.21 bits per heavy atom. The number of benzene rings is 1. The second kappa shape index (κ2) is 5.40. The molecule has 0 aliphatic rings. The van der Waals surface area contributed by atoms with Gasteiger partial charge in [0, 0.05) is 5.56 Å². The molecule has 1 aromatic carbocycles. The van der Waals surface area contributed by atoms with Crippen molar-refractivity contribution < 1.29 is 35.9 Å². The summed E-state index contributed by atoms with van der Waals surface area (Å²) in [6.07, 6.45) is -8.87. The normalized spacial score (nSPS) is 12.6. The van der Waals surface area contributed by atoms with Crippen molar-refractivity contribution in [2.24, 2.45) is 0 Å². The predicted molar refractivity (Wildman–Crippen MR) is 56.2 cm³/mol. The van der Waals surface area contributed by atoms with E-state index in [1.165, 1.54) is 0 Å². The lowest BCUT2D eigenvalue weighted by atomic mass is 10.1. The van der Waals surface area contributed by atoms with Gasteiger partial charge in [-0.15, -0.1) is 0 Å². The number of ether oxygens (including phenoxy) is 1. The molecule has 0 aliphatic heterocycles. The maximum absolute atomic E-state index is 12.7. The summed E-state index contributed by atoms with van der Waals surface area (Å²) in [5, 5.41) is 0. The molecule has 0 unspecified atom stereocenters. The standard InChI is InChI=1S/C10H5BrF6O2/c11-9(14,15)7(18)5-2-1-3-6(4-5)19-10(16,17)8(12)13/h1-4,8H. The Hall–Kier alpha value is -1.25. The molecule has 2 nitrogen and oxygen atoms in total. The molecule has 9 heteroatoms. The van der Waals surface area contributed by atoms with Crippen LogP contribution in [0.3, 0.4) is 0 Å². The van der Waals surface area contributed by atoms with Gasteiger partial charge in [0.25, 0.3) is 0 Å². The van der Waals surface area contributed by atoms with Gasteiger partial charge in [0.1, 0.15) is 5.75 Å². The molecule has 0 saturated heterocycles. The van der Waals surface area contributed by atoms with Gasteiger partial charge in [0.2, 0.25) is 5.78 Å². The summed E-state index contributed by atoms with van der Waals surface area (Å²) >= 11 is 1.80.